The molecule has 0 amide bonds. The molecular formula is C44H24N4OS. The second-order valence-corrected chi connectivity index (χ2v) is 14.0. The number of fused-ring (bicyclic) bond motifs is 13. The first-order valence-electron chi connectivity index (χ1n) is 16.8. The standard InChI is InChI=1S/C44H24N4OS/c1-2-11-25(12-3-1)47-31-17-7-4-13-26(31)38-32(47)22-23-33-39(38)29-21-24-35-40(27-14-5-8-18-34(27)49-35)43(29)48(33)44-45-30-16-10-20-37-41(30)42(46-44)28-15-6-9-19-36(28)50-37/h1-24H. The van der Waals surface area contributed by atoms with Gasteiger partial charge in [-0.05, 0) is 66.7 Å². The zero-order valence-electron chi connectivity index (χ0n) is 26.5. The Morgan fingerprint density at radius 2 is 1.20 bits per heavy atom. The van der Waals surface area contributed by atoms with Crippen molar-refractivity contribution in [2.75, 3.05) is 0 Å². The Bertz CT molecular complexity index is 3240. The first kappa shape index (κ1) is 26.6. The van der Waals surface area contributed by atoms with E-state index in [0.29, 0.717) is 5.95 Å². The number of hydrogen-bond donors (Lipinski definition) is 0. The molecular weight excluding hydrogens is 633 g/mol. The van der Waals surface area contributed by atoms with E-state index in [2.05, 4.69) is 143 Å². The molecule has 12 rings (SSSR count). The summed E-state index contributed by atoms with van der Waals surface area (Å²) < 4.78 is 11.2. The fourth-order valence-electron chi connectivity index (χ4n) is 8.31. The van der Waals surface area contributed by atoms with E-state index < -0.39 is 0 Å². The predicted molar refractivity (Wildman–Crippen MR) is 205 cm³/mol. The Balaban J connectivity index is 1.31. The maximum Gasteiger partial charge on any atom is 0.235 e. The van der Waals surface area contributed by atoms with Crippen LogP contribution in [0.25, 0.3) is 99.3 Å². The van der Waals surface area contributed by atoms with Gasteiger partial charge in [0.15, 0.2) is 0 Å². The summed E-state index contributed by atoms with van der Waals surface area (Å²) in [4.78, 5) is 13.2. The highest BCUT2D eigenvalue weighted by molar-refractivity contribution is 7.99. The van der Waals surface area contributed by atoms with Crippen LogP contribution in [0.15, 0.2) is 160 Å². The molecule has 1 aliphatic rings. The number of para-hydroxylation sites is 3. The van der Waals surface area contributed by atoms with Crippen molar-refractivity contribution in [1.82, 2.24) is 19.1 Å². The van der Waals surface area contributed by atoms with Crippen LogP contribution in [0.1, 0.15) is 0 Å². The van der Waals surface area contributed by atoms with Crippen LogP contribution in [0.2, 0.25) is 0 Å². The van der Waals surface area contributed by atoms with Gasteiger partial charge < -0.3 is 8.98 Å². The van der Waals surface area contributed by atoms with E-state index in [9.17, 15) is 0 Å². The Hall–Kier alpha value is -6.37. The third-order valence-corrected chi connectivity index (χ3v) is 11.5. The summed E-state index contributed by atoms with van der Waals surface area (Å²) in [6.07, 6.45) is 0. The monoisotopic (exact) mass is 656 g/mol. The van der Waals surface area contributed by atoms with Crippen LogP contribution in [-0.4, -0.2) is 19.1 Å². The average Bonchev–Trinajstić information content (AvgIpc) is 3.82. The van der Waals surface area contributed by atoms with Gasteiger partial charge >= 0.3 is 0 Å². The van der Waals surface area contributed by atoms with Crippen LogP contribution in [0, 0.1) is 0 Å². The molecule has 0 saturated carbocycles. The lowest BCUT2D eigenvalue weighted by Crippen LogP contribution is -2.05. The Morgan fingerprint density at radius 3 is 2.12 bits per heavy atom. The average molecular weight is 657 g/mol. The van der Waals surface area contributed by atoms with E-state index in [-0.39, 0.29) is 0 Å². The van der Waals surface area contributed by atoms with Gasteiger partial charge in [-0.25, -0.2) is 9.97 Å². The molecule has 0 atom stereocenters. The summed E-state index contributed by atoms with van der Waals surface area (Å²) in [6.45, 7) is 0. The summed E-state index contributed by atoms with van der Waals surface area (Å²) in [7, 11) is 0. The summed E-state index contributed by atoms with van der Waals surface area (Å²) >= 11 is 1.79. The molecule has 4 aromatic heterocycles. The molecule has 0 bridgehead atoms. The number of hydrogen-bond acceptors (Lipinski definition) is 4. The zero-order chi connectivity index (χ0) is 32.5. The number of nitrogens with zero attached hydrogens (tertiary/aromatic N) is 4. The van der Waals surface area contributed by atoms with Crippen molar-refractivity contribution in [1.29, 1.82) is 0 Å². The minimum atomic E-state index is 0.648. The van der Waals surface area contributed by atoms with Gasteiger partial charge in [-0.15, -0.1) is 0 Å². The quantitative estimate of drug-likeness (QED) is 0.186. The number of aromatic nitrogens is 4. The zero-order valence-corrected chi connectivity index (χ0v) is 27.3. The molecule has 1 aliphatic heterocycles. The molecule has 0 aliphatic carbocycles. The van der Waals surface area contributed by atoms with Crippen LogP contribution < -0.4 is 0 Å². The molecule has 50 heavy (non-hydrogen) atoms. The summed E-state index contributed by atoms with van der Waals surface area (Å²) in [6, 6.07) is 51.5. The second-order valence-electron chi connectivity index (χ2n) is 12.9. The first-order chi connectivity index (χ1) is 24.8. The van der Waals surface area contributed by atoms with Crippen molar-refractivity contribution < 1.29 is 4.42 Å². The Morgan fingerprint density at radius 1 is 0.460 bits per heavy atom. The van der Waals surface area contributed by atoms with Crippen LogP contribution in [0.3, 0.4) is 0 Å². The fourth-order valence-corrected chi connectivity index (χ4v) is 9.42. The smallest absolute Gasteiger partial charge is 0.235 e. The lowest BCUT2D eigenvalue weighted by molar-refractivity contribution is 0.669. The highest BCUT2D eigenvalue weighted by atomic mass is 32.2. The third kappa shape index (κ3) is 3.38. The molecule has 11 aromatic rings. The van der Waals surface area contributed by atoms with E-state index in [1.165, 1.54) is 31.5 Å². The molecule has 0 radical (unpaired) electrons. The van der Waals surface area contributed by atoms with E-state index in [1.54, 1.807) is 11.8 Å². The largest absolute Gasteiger partial charge is 0.456 e. The fraction of sp³-hybridized carbons (Fsp3) is 0. The number of benzene rings is 7. The van der Waals surface area contributed by atoms with Gasteiger partial charge in [0, 0.05) is 53.4 Å². The molecule has 0 spiro atoms. The van der Waals surface area contributed by atoms with Crippen LogP contribution in [-0.2, 0) is 0 Å². The van der Waals surface area contributed by atoms with Crippen molar-refractivity contribution in [3.63, 3.8) is 0 Å². The summed E-state index contributed by atoms with van der Waals surface area (Å²) in [5.41, 5.74) is 10.3. The SMILES string of the molecule is c1ccc(-n2c3ccccc3c3c4c5ccc6oc7ccccc7c6c5n(-c5nc6c7c(cccc7n5)Sc5ccccc5-6)c4ccc32)cc1. The molecule has 0 unspecified atom stereocenters. The van der Waals surface area contributed by atoms with Gasteiger partial charge in [0.2, 0.25) is 5.95 Å². The predicted octanol–water partition coefficient (Wildman–Crippen LogP) is 11.9. The molecule has 5 nitrogen and oxygen atoms in total. The lowest BCUT2D eigenvalue weighted by atomic mass is 10.0. The van der Waals surface area contributed by atoms with E-state index in [0.717, 1.165) is 71.7 Å². The number of rotatable bonds is 2. The minimum absolute atomic E-state index is 0.648. The molecule has 0 saturated heterocycles. The molecule has 5 heterocycles. The maximum absolute atomic E-state index is 6.49. The van der Waals surface area contributed by atoms with Gasteiger partial charge in [0.1, 0.15) is 11.2 Å². The van der Waals surface area contributed by atoms with Gasteiger partial charge in [-0.3, -0.25) is 4.57 Å². The van der Waals surface area contributed by atoms with Crippen molar-refractivity contribution in [3.8, 4) is 22.9 Å². The summed E-state index contributed by atoms with van der Waals surface area (Å²) in [5.74, 6) is 0.648. The van der Waals surface area contributed by atoms with Crippen molar-refractivity contribution in [3.05, 3.63) is 146 Å². The van der Waals surface area contributed by atoms with Crippen molar-refractivity contribution in [2.24, 2.45) is 0 Å². The van der Waals surface area contributed by atoms with Gasteiger partial charge in [0.25, 0.3) is 0 Å². The lowest BCUT2D eigenvalue weighted by Gasteiger charge is -2.20. The third-order valence-electron chi connectivity index (χ3n) is 10.3. The number of furan rings is 1. The van der Waals surface area contributed by atoms with Crippen LogP contribution >= 0.6 is 11.8 Å². The maximum atomic E-state index is 6.49. The normalized spacial score (nSPS) is 12.7. The van der Waals surface area contributed by atoms with Gasteiger partial charge in [-0.1, -0.05) is 90.6 Å². The van der Waals surface area contributed by atoms with Crippen LogP contribution in [0.5, 0.6) is 0 Å². The van der Waals surface area contributed by atoms with Crippen molar-refractivity contribution in [2.45, 2.75) is 9.79 Å². The van der Waals surface area contributed by atoms with Crippen LogP contribution in [0.4, 0.5) is 0 Å². The van der Waals surface area contributed by atoms with Crippen molar-refractivity contribution >= 4 is 88.2 Å². The first-order valence-corrected chi connectivity index (χ1v) is 17.6. The van der Waals surface area contributed by atoms with E-state index >= 15 is 0 Å². The Labute approximate surface area is 289 Å². The van der Waals surface area contributed by atoms with E-state index in [1.807, 2.05) is 12.1 Å². The topological polar surface area (TPSA) is 48.8 Å². The van der Waals surface area contributed by atoms with Gasteiger partial charge in [0.05, 0.1) is 38.7 Å². The Kier molecular flexibility index (Phi) is 5.11. The molecule has 7 aromatic carbocycles. The van der Waals surface area contributed by atoms with E-state index in [4.69, 9.17) is 14.4 Å². The molecule has 0 fully saturated rings. The minimum Gasteiger partial charge on any atom is -0.456 e. The highest BCUT2D eigenvalue weighted by Gasteiger charge is 2.27. The molecule has 0 N–H and O–H groups in total. The second kappa shape index (κ2) is 9.62. The molecule has 232 valence electrons. The summed E-state index contributed by atoms with van der Waals surface area (Å²) in [5, 5.41) is 7.98. The van der Waals surface area contributed by atoms with Gasteiger partial charge in [-0.2, -0.15) is 0 Å². The highest BCUT2D eigenvalue weighted by Crippen LogP contribution is 2.49. The molecule has 6 heteroatoms.